The van der Waals surface area contributed by atoms with Crippen LogP contribution in [0.15, 0.2) is 30.6 Å². The molecule has 2 rings (SSSR count). The number of aromatic nitrogens is 1. The molecule has 2 aromatic heterocycles. The van der Waals surface area contributed by atoms with Gasteiger partial charge in [0.05, 0.1) is 11.4 Å². The maximum Gasteiger partial charge on any atom is 0.261 e. The summed E-state index contributed by atoms with van der Waals surface area (Å²) in [4.78, 5) is 27.9. The maximum atomic E-state index is 11.7. The summed E-state index contributed by atoms with van der Waals surface area (Å²) in [5.41, 5.74) is 0.994. The topological polar surface area (TPSA) is 74.0 Å². The molecule has 0 aliphatic heterocycles. The Morgan fingerprint density at radius 3 is 2.74 bits per heavy atom. The van der Waals surface area contributed by atoms with Crippen LogP contribution in [0.1, 0.15) is 20.1 Å². The van der Waals surface area contributed by atoms with Crippen LogP contribution in [0.3, 0.4) is 0 Å². The Morgan fingerprint density at radius 1 is 1.26 bits per heavy atom. The molecule has 19 heavy (non-hydrogen) atoms. The van der Waals surface area contributed by atoms with Crippen molar-refractivity contribution in [2.24, 2.45) is 0 Å². The summed E-state index contributed by atoms with van der Waals surface area (Å²) in [5, 5.41) is 5.32. The molecule has 3 N–H and O–H groups in total. The van der Waals surface area contributed by atoms with E-state index in [2.05, 4.69) is 15.6 Å². The lowest BCUT2D eigenvalue weighted by molar-refractivity contribution is -0.120. The molecule has 0 aliphatic carbocycles. The number of aromatic amines is 1. The van der Waals surface area contributed by atoms with Crippen LogP contribution in [0.5, 0.6) is 0 Å². The second kappa shape index (κ2) is 6.19. The summed E-state index contributed by atoms with van der Waals surface area (Å²) in [6, 6.07) is 5.52. The van der Waals surface area contributed by atoms with E-state index in [1.807, 2.05) is 25.3 Å². The molecule has 2 aromatic rings. The molecular formula is C13H15N3O2S. The number of thiophene rings is 1. The van der Waals surface area contributed by atoms with Gasteiger partial charge in [-0.15, -0.1) is 11.3 Å². The molecule has 0 aromatic carbocycles. The highest BCUT2D eigenvalue weighted by atomic mass is 32.1. The van der Waals surface area contributed by atoms with Crippen molar-refractivity contribution in [1.82, 2.24) is 15.6 Å². The number of rotatable bonds is 5. The molecule has 2 heterocycles. The quantitative estimate of drug-likeness (QED) is 0.773. The lowest BCUT2D eigenvalue weighted by atomic mass is 10.3. The van der Waals surface area contributed by atoms with Crippen LogP contribution in [-0.4, -0.2) is 23.3 Å². The van der Waals surface area contributed by atoms with Crippen LogP contribution < -0.4 is 10.6 Å². The van der Waals surface area contributed by atoms with Gasteiger partial charge in [0.25, 0.3) is 5.91 Å². The van der Waals surface area contributed by atoms with Crippen molar-refractivity contribution in [3.8, 4) is 0 Å². The monoisotopic (exact) mass is 277 g/mol. The molecule has 6 heteroatoms. The van der Waals surface area contributed by atoms with Gasteiger partial charge >= 0.3 is 0 Å². The minimum atomic E-state index is -0.213. The van der Waals surface area contributed by atoms with Crippen molar-refractivity contribution in [3.05, 3.63) is 45.9 Å². The Balaban J connectivity index is 1.73. The number of hydrogen-bond acceptors (Lipinski definition) is 3. The minimum absolute atomic E-state index is 0.0137. The van der Waals surface area contributed by atoms with Crippen molar-refractivity contribution in [3.63, 3.8) is 0 Å². The van der Waals surface area contributed by atoms with Gasteiger partial charge in [0.2, 0.25) is 5.91 Å². The lowest BCUT2D eigenvalue weighted by Gasteiger charge is -2.05. The first kappa shape index (κ1) is 13.4. The number of carbonyl (C=O) groups is 2. The molecule has 5 nitrogen and oxygen atoms in total. The Labute approximate surface area is 115 Å². The highest BCUT2D eigenvalue weighted by Crippen LogP contribution is 2.14. The Morgan fingerprint density at radius 2 is 2.11 bits per heavy atom. The standard InChI is InChI=1S/C13H15N3O2S/c1-9-2-3-11(19-9)13(18)16-8-12(17)15-7-10-4-5-14-6-10/h2-6,14H,7-8H2,1H3,(H,15,17)(H,16,18). The predicted octanol–water partition coefficient (Wildman–Crippen LogP) is 1.43. The third-order valence-corrected chi connectivity index (χ3v) is 3.53. The van der Waals surface area contributed by atoms with Gasteiger partial charge in [0.1, 0.15) is 0 Å². The average molecular weight is 277 g/mol. The van der Waals surface area contributed by atoms with Gasteiger partial charge in [-0.3, -0.25) is 9.59 Å². The fraction of sp³-hybridized carbons (Fsp3) is 0.231. The number of carbonyl (C=O) groups excluding carboxylic acids is 2. The maximum absolute atomic E-state index is 11.7. The molecule has 0 unspecified atom stereocenters. The Hall–Kier alpha value is -2.08. The summed E-state index contributed by atoms with van der Waals surface area (Å²) in [7, 11) is 0. The molecule has 0 saturated carbocycles. The number of nitrogens with one attached hydrogen (secondary N) is 3. The molecule has 0 saturated heterocycles. The van der Waals surface area contributed by atoms with Crippen LogP contribution in [0.25, 0.3) is 0 Å². The first-order valence-electron chi connectivity index (χ1n) is 5.88. The van der Waals surface area contributed by atoms with E-state index in [1.165, 1.54) is 11.3 Å². The SMILES string of the molecule is Cc1ccc(C(=O)NCC(=O)NCc2cc[nH]c2)s1. The summed E-state index contributed by atoms with van der Waals surface area (Å²) < 4.78 is 0. The van der Waals surface area contributed by atoms with E-state index in [-0.39, 0.29) is 18.4 Å². The van der Waals surface area contributed by atoms with Crippen LogP contribution in [0.2, 0.25) is 0 Å². The normalized spacial score (nSPS) is 10.2. The van der Waals surface area contributed by atoms with E-state index in [1.54, 1.807) is 12.3 Å². The summed E-state index contributed by atoms with van der Waals surface area (Å²) in [5.74, 6) is -0.419. The second-order valence-electron chi connectivity index (χ2n) is 4.09. The van der Waals surface area contributed by atoms with Crippen LogP contribution in [0.4, 0.5) is 0 Å². The smallest absolute Gasteiger partial charge is 0.261 e. The van der Waals surface area contributed by atoms with Gasteiger partial charge in [-0.1, -0.05) is 0 Å². The van der Waals surface area contributed by atoms with Gasteiger partial charge in [-0.25, -0.2) is 0 Å². The van der Waals surface area contributed by atoms with Crippen molar-refractivity contribution < 1.29 is 9.59 Å². The van der Waals surface area contributed by atoms with Gasteiger partial charge in [-0.2, -0.15) is 0 Å². The fourth-order valence-electron chi connectivity index (χ4n) is 1.54. The van der Waals surface area contributed by atoms with E-state index in [9.17, 15) is 9.59 Å². The Kier molecular flexibility index (Phi) is 4.35. The zero-order chi connectivity index (χ0) is 13.7. The molecule has 0 atom stereocenters. The van der Waals surface area contributed by atoms with Gasteiger partial charge in [-0.05, 0) is 30.7 Å². The van der Waals surface area contributed by atoms with Crippen LogP contribution in [-0.2, 0) is 11.3 Å². The van der Waals surface area contributed by atoms with Crippen LogP contribution >= 0.6 is 11.3 Å². The van der Waals surface area contributed by atoms with Crippen molar-refractivity contribution >= 4 is 23.2 Å². The summed E-state index contributed by atoms with van der Waals surface area (Å²) in [6.45, 7) is 2.38. The summed E-state index contributed by atoms with van der Waals surface area (Å²) in [6.07, 6.45) is 3.61. The highest BCUT2D eigenvalue weighted by Gasteiger charge is 2.09. The van der Waals surface area contributed by atoms with E-state index in [0.29, 0.717) is 11.4 Å². The van der Waals surface area contributed by atoms with Crippen molar-refractivity contribution in [1.29, 1.82) is 0 Å². The predicted molar refractivity (Wildman–Crippen MR) is 74.0 cm³/mol. The first-order chi connectivity index (χ1) is 9.15. The fourth-order valence-corrected chi connectivity index (χ4v) is 2.32. The zero-order valence-corrected chi connectivity index (χ0v) is 11.3. The number of H-pyrrole nitrogens is 1. The average Bonchev–Trinajstić information content (AvgIpc) is 3.04. The van der Waals surface area contributed by atoms with Gasteiger partial charge in [0, 0.05) is 23.8 Å². The van der Waals surface area contributed by atoms with E-state index in [4.69, 9.17) is 0 Å². The molecule has 0 bridgehead atoms. The van der Waals surface area contributed by atoms with E-state index in [0.717, 1.165) is 10.4 Å². The molecule has 0 radical (unpaired) electrons. The van der Waals surface area contributed by atoms with E-state index < -0.39 is 0 Å². The molecule has 0 aliphatic rings. The second-order valence-corrected chi connectivity index (χ2v) is 5.38. The number of amides is 2. The Bertz CT molecular complexity index is 560. The zero-order valence-electron chi connectivity index (χ0n) is 10.5. The molecule has 100 valence electrons. The van der Waals surface area contributed by atoms with Crippen molar-refractivity contribution in [2.45, 2.75) is 13.5 Å². The van der Waals surface area contributed by atoms with Gasteiger partial charge in [0.15, 0.2) is 0 Å². The molecule has 0 spiro atoms. The lowest BCUT2D eigenvalue weighted by Crippen LogP contribution is -2.36. The third-order valence-electron chi connectivity index (χ3n) is 2.53. The van der Waals surface area contributed by atoms with Gasteiger partial charge < -0.3 is 15.6 Å². The number of hydrogen-bond donors (Lipinski definition) is 3. The molecular weight excluding hydrogens is 262 g/mol. The highest BCUT2D eigenvalue weighted by molar-refractivity contribution is 7.13. The van der Waals surface area contributed by atoms with E-state index >= 15 is 0 Å². The number of aryl methyl sites for hydroxylation is 1. The minimum Gasteiger partial charge on any atom is -0.367 e. The van der Waals surface area contributed by atoms with Crippen molar-refractivity contribution in [2.75, 3.05) is 6.54 Å². The largest absolute Gasteiger partial charge is 0.367 e. The first-order valence-corrected chi connectivity index (χ1v) is 6.70. The molecule has 2 amide bonds. The van der Waals surface area contributed by atoms with Crippen LogP contribution in [0, 0.1) is 6.92 Å². The third kappa shape index (κ3) is 3.96. The summed E-state index contributed by atoms with van der Waals surface area (Å²) >= 11 is 1.41. The molecule has 0 fully saturated rings.